The predicted octanol–water partition coefficient (Wildman–Crippen LogP) is 2.29. The number of hydrogen-bond donors (Lipinski definition) is 1. The third kappa shape index (κ3) is 0.748. The molecule has 2 heterocycles. The molecule has 0 aliphatic heterocycles. The van der Waals surface area contributed by atoms with Crippen LogP contribution in [0.3, 0.4) is 0 Å². The van der Waals surface area contributed by atoms with Gasteiger partial charge in [-0.05, 0) is 24.3 Å². The molecule has 0 spiro atoms. The predicted molar refractivity (Wildman–Crippen MR) is 54.0 cm³/mol. The molecule has 14 heavy (non-hydrogen) atoms. The fraction of sp³-hybridized carbons (Fsp3) is 0. The zero-order chi connectivity index (χ0) is 9.54. The van der Waals surface area contributed by atoms with Gasteiger partial charge in [0.1, 0.15) is 17.4 Å². The van der Waals surface area contributed by atoms with Crippen molar-refractivity contribution in [3.05, 3.63) is 42.1 Å². The average Bonchev–Trinajstić information content (AvgIpc) is 2.75. The summed E-state index contributed by atoms with van der Waals surface area (Å²) in [7, 11) is 0. The van der Waals surface area contributed by atoms with Crippen molar-refractivity contribution < 1.29 is 0 Å². The van der Waals surface area contributed by atoms with Crippen molar-refractivity contribution in [1.29, 1.82) is 5.26 Å². The Labute approximate surface area is 80.2 Å². The summed E-state index contributed by atoms with van der Waals surface area (Å²) in [6.07, 6.45) is 0. The fourth-order valence-corrected chi connectivity index (χ4v) is 1.79. The molecule has 1 aromatic carbocycles. The zero-order valence-electron chi connectivity index (χ0n) is 7.36. The van der Waals surface area contributed by atoms with Gasteiger partial charge in [0.05, 0.1) is 11.0 Å². The van der Waals surface area contributed by atoms with Gasteiger partial charge >= 0.3 is 0 Å². The lowest BCUT2D eigenvalue weighted by atomic mass is 10.3. The van der Waals surface area contributed by atoms with Crippen LogP contribution in [0.1, 0.15) is 5.69 Å². The minimum absolute atomic E-state index is 0.664. The first kappa shape index (κ1) is 7.22. The van der Waals surface area contributed by atoms with Crippen LogP contribution in [-0.2, 0) is 0 Å². The molecule has 3 aromatic rings. The maximum absolute atomic E-state index is 8.92. The lowest BCUT2D eigenvalue weighted by Gasteiger charge is -1.90. The van der Waals surface area contributed by atoms with E-state index in [1.165, 1.54) is 0 Å². The topological polar surface area (TPSA) is 44.0 Å². The van der Waals surface area contributed by atoms with Crippen molar-refractivity contribution in [3.63, 3.8) is 0 Å². The molecule has 2 aromatic heterocycles. The number of benzene rings is 1. The molecule has 0 fully saturated rings. The Hall–Kier alpha value is -2.21. The van der Waals surface area contributed by atoms with Crippen LogP contribution < -0.4 is 0 Å². The second-order valence-corrected chi connectivity index (χ2v) is 3.19. The molecular weight excluding hydrogens is 174 g/mol. The molecule has 1 N–H and O–H groups in total. The van der Waals surface area contributed by atoms with E-state index < -0.39 is 0 Å². The highest BCUT2D eigenvalue weighted by Crippen LogP contribution is 2.18. The number of imidazole rings is 1. The molecule has 3 heteroatoms. The van der Waals surface area contributed by atoms with E-state index >= 15 is 0 Å². The average molecular weight is 181 g/mol. The minimum atomic E-state index is 0.664. The lowest BCUT2D eigenvalue weighted by molar-refractivity contribution is 1.23. The summed E-state index contributed by atoms with van der Waals surface area (Å²) in [5.74, 6) is 0. The van der Waals surface area contributed by atoms with Gasteiger partial charge in [0.15, 0.2) is 0 Å². The van der Waals surface area contributed by atoms with Gasteiger partial charge in [-0.2, -0.15) is 5.26 Å². The van der Waals surface area contributed by atoms with Gasteiger partial charge < -0.3 is 4.98 Å². The highest BCUT2D eigenvalue weighted by atomic mass is 15.0. The Kier molecular flexibility index (Phi) is 1.23. The summed E-state index contributed by atoms with van der Waals surface area (Å²) in [5, 5.41) is 8.92. The van der Waals surface area contributed by atoms with E-state index in [9.17, 15) is 0 Å². The van der Waals surface area contributed by atoms with Crippen molar-refractivity contribution in [2.45, 2.75) is 0 Å². The number of aromatic amines is 1. The molecule has 0 unspecified atom stereocenters. The maximum atomic E-state index is 8.92. The quantitative estimate of drug-likeness (QED) is 0.568. The van der Waals surface area contributed by atoms with E-state index in [1.807, 2.05) is 40.8 Å². The van der Waals surface area contributed by atoms with Gasteiger partial charge in [0.2, 0.25) is 0 Å². The van der Waals surface area contributed by atoms with E-state index in [2.05, 4.69) is 11.1 Å². The van der Waals surface area contributed by atoms with Crippen LogP contribution in [0.2, 0.25) is 0 Å². The van der Waals surface area contributed by atoms with E-state index in [4.69, 9.17) is 5.26 Å². The summed E-state index contributed by atoms with van der Waals surface area (Å²) in [6, 6.07) is 13.9. The summed E-state index contributed by atoms with van der Waals surface area (Å²) < 4.78 is 1.93. The molecule has 0 saturated heterocycles. The summed E-state index contributed by atoms with van der Waals surface area (Å²) in [6.45, 7) is 0. The summed E-state index contributed by atoms with van der Waals surface area (Å²) in [4.78, 5) is 3.24. The van der Waals surface area contributed by atoms with Crippen molar-refractivity contribution in [1.82, 2.24) is 9.38 Å². The number of fused-ring (bicyclic) bond motifs is 3. The molecule has 0 amide bonds. The second-order valence-electron chi connectivity index (χ2n) is 3.19. The Morgan fingerprint density at radius 3 is 2.86 bits per heavy atom. The van der Waals surface area contributed by atoms with E-state index in [0.717, 1.165) is 16.7 Å². The van der Waals surface area contributed by atoms with Crippen LogP contribution in [0.15, 0.2) is 36.4 Å². The number of H-pyrrole nitrogens is 1. The smallest absolute Gasteiger partial charge is 0.126 e. The molecule has 0 bridgehead atoms. The zero-order valence-corrected chi connectivity index (χ0v) is 7.36. The third-order valence-corrected chi connectivity index (χ3v) is 2.40. The number of nitrogens with zero attached hydrogens (tertiary/aromatic N) is 2. The van der Waals surface area contributed by atoms with E-state index in [1.54, 1.807) is 0 Å². The number of hydrogen-bond acceptors (Lipinski definition) is 1. The van der Waals surface area contributed by atoms with Gasteiger partial charge in [-0.3, -0.25) is 4.40 Å². The first-order chi connectivity index (χ1) is 6.90. The Bertz CT molecular complexity index is 652. The maximum Gasteiger partial charge on any atom is 0.126 e. The fourth-order valence-electron chi connectivity index (χ4n) is 1.79. The largest absolute Gasteiger partial charge is 0.340 e. The minimum Gasteiger partial charge on any atom is -0.340 e. The molecule has 66 valence electrons. The monoisotopic (exact) mass is 181 g/mol. The summed E-state index contributed by atoms with van der Waals surface area (Å²) >= 11 is 0. The SMILES string of the molecule is N#Cc1ccc2[nH]c3ccccc3n12. The van der Waals surface area contributed by atoms with Crippen LogP contribution in [-0.4, -0.2) is 9.38 Å². The molecule has 0 radical (unpaired) electrons. The molecule has 0 saturated carbocycles. The lowest BCUT2D eigenvalue weighted by Crippen LogP contribution is -1.83. The van der Waals surface area contributed by atoms with Crippen molar-refractivity contribution in [2.24, 2.45) is 0 Å². The highest BCUT2D eigenvalue weighted by molar-refractivity contribution is 5.81. The molecule has 0 aliphatic rings. The molecule has 0 aliphatic carbocycles. The Morgan fingerprint density at radius 1 is 1.14 bits per heavy atom. The van der Waals surface area contributed by atoms with E-state index in [0.29, 0.717) is 5.69 Å². The first-order valence-corrected chi connectivity index (χ1v) is 4.38. The van der Waals surface area contributed by atoms with Crippen LogP contribution in [0, 0.1) is 11.3 Å². The number of para-hydroxylation sites is 2. The molecule has 3 nitrogen and oxygen atoms in total. The summed E-state index contributed by atoms with van der Waals surface area (Å²) in [5.41, 5.74) is 3.73. The van der Waals surface area contributed by atoms with Crippen LogP contribution in [0.25, 0.3) is 16.7 Å². The highest BCUT2D eigenvalue weighted by Gasteiger charge is 2.06. The van der Waals surface area contributed by atoms with Crippen molar-refractivity contribution >= 4 is 16.7 Å². The Balaban J connectivity index is 2.63. The van der Waals surface area contributed by atoms with Gasteiger partial charge in [0, 0.05) is 0 Å². The molecular formula is C11H7N3. The number of nitrogens with one attached hydrogen (secondary N) is 1. The Morgan fingerprint density at radius 2 is 2.00 bits per heavy atom. The second kappa shape index (κ2) is 2.39. The third-order valence-electron chi connectivity index (χ3n) is 2.40. The van der Waals surface area contributed by atoms with Crippen LogP contribution in [0.4, 0.5) is 0 Å². The van der Waals surface area contributed by atoms with Gasteiger partial charge in [-0.25, -0.2) is 0 Å². The normalized spacial score (nSPS) is 10.8. The van der Waals surface area contributed by atoms with Gasteiger partial charge in [0.25, 0.3) is 0 Å². The van der Waals surface area contributed by atoms with E-state index in [-0.39, 0.29) is 0 Å². The molecule has 0 atom stereocenters. The van der Waals surface area contributed by atoms with Crippen molar-refractivity contribution in [2.75, 3.05) is 0 Å². The van der Waals surface area contributed by atoms with Crippen molar-refractivity contribution in [3.8, 4) is 6.07 Å². The van der Waals surface area contributed by atoms with Gasteiger partial charge in [-0.1, -0.05) is 12.1 Å². The van der Waals surface area contributed by atoms with Crippen LogP contribution >= 0.6 is 0 Å². The molecule has 3 rings (SSSR count). The first-order valence-electron chi connectivity index (χ1n) is 4.38. The number of rotatable bonds is 0. The number of aromatic nitrogens is 2. The van der Waals surface area contributed by atoms with Crippen LogP contribution in [0.5, 0.6) is 0 Å². The number of nitriles is 1. The van der Waals surface area contributed by atoms with Gasteiger partial charge in [-0.15, -0.1) is 0 Å². The standard InChI is InChI=1S/C11H7N3/c12-7-8-5-6-11-13-9-3-1-2-4-10(9)14(8)11/h1-6,13H.